The molecule has 0 radical (unpaired) electrons. The van der Waals surface area contributed by atoms with Crippen molar-refractivity contribution in [2.45, 2.75) is 29.7 Å². The highest BCUT2D eigenvalue weighted by Gasteiger charge is 2.20. The fourth-order valence-corrected chi connectivity index (χ4v) is 3.45. The van der Waals surface area contributed by atoms with Gasteiger partial charge in [-0.25, -0.2) is 4.98 Å². The maximum atomic E-state index is 6.28. The van der Waals surface area contributed by atoms with E-state index in [0.717, 1.165) is 15.9 Å². The first kappa shape index (κ1) is 14.6. The molecule has 2 nitrogen and oxygen atoms in total. The Morgan fingerprint density at radius 3 is 2.74 bits per heavy atom. The molecule has 19 heavy (non-hydrogen) atoms. The van der Waals surface area contributed by atoms with Gasteiger partial charge in [0, 0.05) is 16.7 Å². The second-order valence-electron chi connectivity index (χ2n) is 4.33. The first-order valence-corrected chi connectivity index (χ1v) is 7.96. The zero-order chi connectivity index (χ0) is 13.7. The minimum atomic E-state index is 0.112. The first-order valence-electron chi connectivity index (χ1n) is 6.29. The van der Waals surface area contributed by atoms with Crippen LogP contribution in [0.1, 0.15) is 24.2 Å². The number of hydrogen-bond acceptors (Lipinski definition) is 3. The number of hydrogen-bond donors (Lipinski definition) is 1. The standard InChI is InChI=1S/C15H17BrN2S/c1-2-13(17)15(11-6-5-7-12(16)10-11)19-14-8-3-4-9-18-14/h3-10,13,15H,2,17H2,1H3. The van der Waals surface area contributed by atoms with Gasteiger partial charge in [-0.15, -0.1) is 0 Å². The van der Waals surface area contributed by atoms with Crippen molar-refractivity contribution in [3.63, 3.8) is 0 Å². The maximum Gasteiger partial charge on any atom is 0.0966 e. The molecule has 100 valence electrons. The van der Waals surface area contributed by atoms with E-state index in [9.17, 15) is 0 Å². The monoisotopic (exact) mass is 336 g/mol. The SMILES string of the molecule is CCC(N)C(Sc1ccccn1)c1cccc(Br)c1. The summed E-state index contributed by atoms with van der Waals surface area (Å²) in [5.41, 5.74) is 7.52. The number of pyridine rings is 1. The van der Waals surface area contributed by atoms with Gasteiger partial charge in [0.05, 0.1) is 10.3 Å². The van der Waals surface area contributed by atoms with Gasteiger partial charge in [-0.3, -0.25) is 0 Å². The van der Waals surface area contributed by atoms with E-state index in [2.05, 4.69) is 40.0 Å². The highest BCUT2D eigenvalue weighted by molar-refractivity contribution is 9.10. The Labute approximate surface area is 126 Å². The number of benzene rings is 1. The lowest BCUT2D eigenvalue weighted by Gasteiger charge is -2.22. The molecule has 0 saturated carbocycles. The van der Waals surface area contributed by atoms with Crippen LogP contribution in [0.3, 0.4) is 0 Å². The Kier molecular flexibility index (Phi) is 5.43. The Bertz CT molecular complexity index is 519. The summed E-state index contributed by atoms with van der Waals surface area (Å²) in [5.74, 6) is 0. The third-order valence-corrected chi connectivity index (χ3v) is 4.77. The summed E-state index contributed by atoms with van der Waals surface area (Å²) in [7, 11) is 0. The number of nitrogens with two attached hydrogens (primary N) is 1. The van der Waals surface area contributed by atoms with Gasteiger partial charge in [0.15, 0.2) is 0 Å². The van der Waals surface area contributed by atoms with Crippen LogP contribution >= 0.6 is 27.7 Å². The summed E-state index contributed by atoms with van der Waals surface area (Å²) in [5, 5.41) is 1.23. The minimum Gasteiger partial charge on any atom is -0.326 e. The highest BCUT2D eigenvalue weighted by Crippen LogP contribution is 2.37. The Morgan fingerprint density at radius 2 is 2.11 bits per heavy atom. The van der Waals surface area contributed by atoms with Crippen LogP contribution in [0, 0.1) is 0 Å². The molecule has 2 rings (SSSR count). The second kappa shape index (κ2) is 7.08. The van der Waals surface area contributed by atoms with Crippen LogP contribution in [0.2, 0.25) is 0 Å². The van der Waals surface area contributed by atoms with E-state index in [1.807, 2.05) is 36.5 Å². The summed E-state index contributed by atoms with van der Waals surface area (Å²) in [6.07, 6.45) is 2.76. The maximum absolute atomic E-state index is 6.28. The van der Waals surface area contributed by atoms with Gasteiger partial charge in [-0.1, -0.05) is 52.8 Å². The third-order valence-electron chi connectivity index (χ3n) is 2.92. The Morgan fingerprint density at radius 1 is 1.26 bits per heavy atom. The number of rotatable bonds is 5. The van der Waals surface area contributed by atoms with Gasteiger partial charge in [0.2, 0.25) is 0 Å². The molecular weight excluding hydrogens is 320 g/mol. The fourth-order valence-electron chi connectivity index (χ4n) is 1.85. The van der Waals surface area contributed by atoms with Crippen molar-refractivity contribution in [1.29, 1.82) is 0 Å². The molecule has 0 bridgehead atoms. The van der Waals surface area contributed by atoms with Crippen molar-refractivity contribution >= 4 is 27.7 Å². The molecule has 4 heteroatoms. The zero-order valence-corrected chi connectivity index (χ0v) is 13.2. The predicted molar refractivity (Wildman–Crippen MR) is 85.2 cm³/mol. The molecule has 1 heterocycles. The molecule has 0 aliphatic rings. The number of halogens is 1. The number of nitrogens with zero attached hydrogens (tertiary/aromatic N) is 1. The summed E-state index contributed by atoms with van der Waals surface area (Å²) < 4.78 is 1.08. The lowest BCUT2D eigenvalue weighted by atomic mass is 10.0. The lowest BCUT2D eigenvalue weighted by Crippen LogP contribution is -2.25. The van der Waals surface area contributed by atoms with E-state index in [0.29, 0.717) is 0 Å². The van der Waals surface area contributed by atoms with Crippen LogP contribution in [0.15, 0.2) is 58.2 Å². The van der Waals surface area contributed by atoms with Crippen LogP contribution < -0.4 is 5.73 Å². The largest absolute Gasteiger partial charge is 0.326 e. The average molecular weight is 337 g/mol. The van der Waals surface area contributed by atoms with E-state index >= 15 is 0 Å². The topological polar surface area (TPSA) is 38.9 Å². The van der Waals surface area contributed by atoms with E-state index in [1.54, 1.807) is 11.8 Å². The Balaban J connectivity index is 2.26. The lowest BCUT2D eigenvalue weighted by molar-refractivity contribution is 0.633. The van der Waals surface area contributed by atoms with Crippen molar-refractivity contribution in [2.24, 2.45) is 5.73 Å². The molecule has 1 aromatic carbocycles. The van der Waals surface area contributed by atoms with Gasteiger partial charge < -0.3 is 5.73 Å². The molecule has 0 amide bonds. The van der Waals surface area contributed by atoms with Gasteiger partial charge in [-0.2, -0.15) is 0 Å². The van der Waals surface area contributed by atoms with Crippen LogP contribution in [-0.2, 0) is 0 Å². The van der Waals surface area contributed by atoms with Gasteiger partial charge in [-0.05, 0) is 36.2 Å². The molecule has 0 saturated heterocycles. The van der Waals surface area contributed by atoms with E-state index in [1.165, 1.54) is 5.56 Å². The summed E-state index contributed by atoms with van der Waals surface area (Å²) in [6, 6.07) is 14.4. The minimum absolute atomic E-state index is 0.112. The Hall–Kier alpha value is -0.840. The molecule has 0 aliphatic carbocycles. The van der Waals surface area contributed by atoms with E-state index in [4.69, 9.17) is 5.73 Å². The van der Waals surface area contributed by atoms with Crippen molar-refractivity contribution in [2.75, 3.05) is 0 Å². The normalized spacial score (nSPS) is 14.1. The zero-order valence-electron chi connectivity index (χ0n) is 10.8. The molecule has 2 atom stereocenters. The van der Waals surface area contributed by atoms with E-state index in [-0.39, 0.29) is 11.3 Å². The van der Waals surface area contributed by atoms with Crippen LogP contribution in [0.25, 0.3) is 0 Å². The van der Waals surface area contributed by atoms with Gasteiger partial charge >= 0.3 is 0 Å². The van der Waals surface area contributed by atoms with Crippen LogP contribution in [0.5, 0.6) is 0 Å². The molecule has 2 unspecified atom stereocenters. The molecule has 2 aromatic rings. The van der Waals surface area contributed by atoms with Crippen molar-refractivity contribution in [3.8, 4) is 0 Å². The average Bonchev–Trinajstić information content (AvgIpc) is 2.45. The molecular formula is C15H17BrN2S. The van der Waals surface area contributed by atoms with Crippen molar-refractivity contribution in [1.82, 2.24) is 4.98 Å². The number of aromatic nitrogens is 1. The van der Waals surface area contributed by atoms with Gasteiger partial charge in [0.1, 0.15) is 0 Å². The molecule has 0 aliphatic heterocycles. The van der Waals surface area contributed by atoms with E-state index < -0.39 is 0 Å². The summed E-state index contributed by atoms with van der Waals surface area (Å²) in [4.78, 5) is 4.38. The molecule has 0 fully saturated rings. The summed E-state index contributed by atoms with van der Waals surface area (Å²) >= 11 is 5.25. The quantitative estimate of drug-likeness (QED) is 0.821. The molecule has 0 spiro atoms. The second-order valence-corrected chi connectivity index (χ2v) is 6.41. The third kappa shape index (κ3) is 4.06. The molecule has 2 N–H and O–H groups in total. The van der Waals surface area contributed by atoms with Crippen molar-refractivity contribution in [3.05, 3.63) is 58.7 Å². The number of thioether (sulfide) groups is 1. The first-order chi connectivity index (χ1) is 9.20. The van der Waals surface area contributed by atoms with Crippen LogP contribution in [0.4, 0.5) is 0 Å². The smallest absolute Gasteiger partial charge is 0.0966 e. The van der Waals surface area contributed by atoms with Crippen molar-refractivity contribution < 1.29 is 0 Å². The van der Waals surface area contributed by atoms with Crippen LogP contribution in [-0.4, -0.2) is 11.0 Å². The van der Waals surface area contributed by atoms with Gasteiger partial charge in [0.25, 0.3) is 0 Å². The molecule has 1 aromatic heterocycles. The highest BCUT2D eigenvalue weighted by atomic mass is 79.9. The summed E-state index contributed by atoms with van der Waals surface area (Å²) in [6.45, 7) is 2.12. The predicted octanol–water partition coefficient (Wildman–Crippen LogP) is 4.41. The fraction of sp³-hybridized carbons (Fsp3) is 0.267.